The van der Waals surface area contributed by atoms with E-state index in [2.05, 4.69) is 0 Å². The van der Waals surface area contributed by atoms with E-state index in [0.29, 0.717) is 24.0 Å². The minimum atomic E-state index is -0.299. The first-order chi connectivity index (χ1) is 9.16. The zero-order valence-corrected chi connectivity index (χ0v) is 11.4. The molecule has 1 aromatic rings. The number of ether oxygens (including phenoxy) is 2. The monoisotopic (exact) mass is 267 g/mol. The van der Waals surface area contributed by atoms with Crippen LogP contribution in [0, 0.1) is 5.82 Å². The maximum atomic E-state index is 13.7. The molecule has 2 atom stereocenters. The molecule has 0 spiro atoms. The highest BCUT2D eigenvalue weighted by Crippen LogP contribution is 2.21. The molecule has 1 saturated heterocycles. The number of hydrogen-bond donors (Lipinski definition) is 1. The summed E-state index contributed by atoms with van der Waals surface area (Å²) in [6.07, 6.45) is 4.65. The van der Waals surface area contributed by atoms with Gasteiger partial charge in [0.1, 0.15) is 11.6 Å². The molecule has 1 fully saturated rings. The molecule has 3 nitrogen and oxygen atoms in total. The summed E-state index contributed by atoms with van der Waals surface area (Å²) in [5, 5.41) is 0. The molecular formula is C15H22FNO2. The minimum Gasteiger partial charge on any atom is -0.493 e. The first-order valence-corrected chi connectivity index (χ1v) is 6.96. The Balaban J connectivity index is 1.74. The number of benzene rings is 1. The first kappa shape index (κ1) is 14.3. The molecule has 2 N–H and O–H groups in total. The summed E-state index contributed by atoms with van der Waals surface area (Å²) in [4.78, 5) is 0. The van der Waals surface area contributed by atoms with E-state index in [9.17, 15) is 4.39 Å². The van der Waals surface area contributed by atoms with Crippen molar-refractivity contribution in [1.82, 2.24) is 0 Å². The van der Waals surface area contributed by atoms with Crippen molar-refractivity contribution < 1.29 is 13.9 Å². The maximum absolute atomic E-state index is 13.7. The van der Waals surface area contributed by atoms with E-state index in [4.69, 9.17) is 15.2 Å². The second-order valence-corrected chi connectivity index (χ2v) is 5.10. The molecule has 0 saturated carbocycles. The van der Waals surface area contributed by atoms with Crippen molar-refractivity contribution >= 4 is 0 Å². The number of rotatable bonds is 6. The smallest absolute Gasteiger partial charge is 0.131 e. The second-order valence-electron chi connectivity index (χ2n) is 5.10. The number of halogens is 1. The van der Waals surface area contributed by atoms with Crippen LogP contribution in [0.5, 0.6) is 5.75 Å². The molecule has 0 radical (unpaired) electrons. The van der Waals surface area contributed by atoms with Crippen molar-refractivity contribution in [3.8, 4) is 5.75 Å². The Bertz CT molecular complexity index is 403. The molecule has 1 aromatic carbocycles. The Kier molecular flexibility index (Phi) is 5.16. The lowest BCUT2D eigenvalue weighted by molar-refractivity contribution is 0.0981. The summed E-state index contributed by atoms with van der Waals surface area (Å²) < 4.78 is 24.8. The van der Waals surface area contributed by atoms with Crippen molar-refractivity contribution in [2.24, 2.45) is 5.73 Å². The average Bonchev–Trinajstić information content (AvgIpc) is 2.87. The predicted octanol–water partition coefficient (Wildman–Crippen LogP) is 3.18. The van der Waals surface area contributed by atoms with Gasteiger partial charge in [0.15, 0.2) is 0 Å². The Labute approximate surface area is 113 Å². The van der Waals surface area contributed by atoms with Crippen LogP contribution in [0.4, 0.5) is 4.39 Å². The summed E-state index contributed by atoms with van der Waals surface area (Å²) in [7, 11) is 0. The Morgan fingerprint density at radius 1 is 1.53 bits per heavy atom. The van der Waals surface area contributed by atoms with Crippen molar-refractivity contribution in [1.29, 1.82) is 0 Å². The second kappa shape index (κ2) is 6.87. The van der Waals surface area contributed by atoms with Crippen molar-refractivity contribution in [2.45, 2.75) is 44.8 Å². The molecule has 0 amide bonds. The molecular weight excluding hydrogens is 245 g/mol. The molecule has 0 aliphatic carbocycles. The summed E-state index contributed by atoms with van der Waals surface area (Å²) in [6, 6.07) is 4.57. The SMILES string of the molecule is C[C@H](N)c1ccc(OCCCC2CCCO2)cc1F. The van der Waals surface area contributed by atoms with Crippen LogP contribution < -0.4 is 10.5 Å². The first-order valence-electron chi connectivity index (χ1n) is 6.96. The third kappa shape index (κ3) is 4.18. The van der Waals surface area contributed by atoms with Crippen LogP contribution in [-0.2, 0) is 4.74 Å². The Hall–Kier alpha value is -1.13. The quantitative estimate of drug-likeness (QED) is 0.805. The van der Waals surface area contributed by atoms with Crippen LogP contribution in [0.25, 0.3) is 0 Å². The molecule has 4 heteroatoms. The van der Waals surface area contributed by atoms with E-state index >= 15 is 0 Å². The van der Waals surface area contributed by atoms with Crippen molar-refractivity contribution in [3.05, 3.63) is 29.6 Å². The van der Waals surface area contributed by atoms with Gasteiger partial charge in [-0.05, 0) is 38.7 Å². The largest absolute Gasteiger partial charge is 0.493 e. The van der Waals surface area contributed by atoms with Gasteiger partial charge in [0.25, 0.3) is 0 Å². The molecule has 19 heavy (non-hydrogen) atoms. The third-order valence-electron chi connectivity index (χ3n) is 3.43. The molecule has 1 heterocycles. The van der Waals surface area contributed by atoms with Gasteiger partial charge in [-0.1, -0.05) is 6.07 Å². The molecule has 1 aliphatic heterocycles. The van der Waals surface area contributed by atoms with Gasteiger partial charge in [-0.25, -0.2) is 4.39 Å². The molecule has 2 rings (SSSR count). The highest BCUT2D eigenvalue weighted by molar-refractivity contribution is 5.30. The van der Waals surface area contributed by atoms with E-state index in [1.165, 1.54) is 6.07 Å². The average molecular weight is 267 g/mol. The van der Waals surface area contributed by atoms with Gasteiger partial charge < -0.3 is 15.2 Å². The van der Waals surface area contributed by atoms with Crippen LogP contribution in [0.2, 0.25) is 0 Å². The van der Waals surface area contributed by atoms with Crippen LogP contribution in [0.15, 0.2) is 18.2 Å². The zero-order valence-electron chi connectivity index (χ0n) is 11.4. The molecule has 1 aliphatic rings. The van der Waals surface area contributed by atoms with Gasteiger partial charge in [0.05, 0.1) is 12.7 Å². The lowest BCUT2D eigenvalue weighted by atomic mass is 10.1. The maximum Gasteiger partial charge on any atom is 0.131 e. The van der Waals surface area contributed by atoms with Gasteiger partial charge in [-0.15, -0.1) is 0 Å². The number of hydrogen-bond acceptors (Lipinski definition) is 3. The van der Waals surface area contributed by atoms with E-state index in [1.807, 2.05) is 0 Å². The van der Waals surface area contributed by atoms with Gasteiger partial charge in [-0.2, -0.15) is 0 Å². The van der Waals surface area contributed by atoms with Gasteiger partial charge in [0, 0.05) is 24.3 Å². The third-order valence-corrected chi connectivity index (χ3v) is 3.43. The summed E-state index contributed by atoms with van der Waals surface area (Å²) >= 11 is 0. The Morgan fingerprint density at radius 3 is 3.00 bits per heavy atom. The fourth-order valence-electron chi connectivity index (χ4n) is 2.34. The topological polar surface area (TPSA) is 44.5 Å². The zero-order chi connectivity index (χ0) is 13.7. The highest BCUT2D eigenvalue weighted by atomic mass is 19.1. The van der Waals surface area contributed by atoms with E-state index in [1.54, 1.807) is 19.1 Å². The molecule has 0 aromatic heterocycles. The van der Waals surface area contributed by atoms with Crippen LogP contribution in [0.3, 0.4) is 0 Å². The summed E-state index contributed by atoms with van der Waals surface area (Å²) in [5.41, 5.74) is 6.18. The van der Waals surface area contributed by atoms with Crippen LogP contribution in [-0.4, -0.2) is 19.3 Å². The Morgan fingerprint density at radius 2 is 2.37 bits per heavy atom. The molecule has 1 unspecified atom stereocenters. The lowest BCUT2D eigenvalue weighted by Crippen LogP contribution is -2.09. The highest BCUT2D eigenvalue weighted by Gasteiger charge is 2.14. The van der Waals surface area contributed by atoms with Crippen LogP contribution in [0.1, 0.15) is 44.2 Å². The predicted molar refractivity (Wildman–Crippen MR) is 72.7 cm³/mol. The van der Waals surface area contributed by atoms with E-state index in [-0.39, 0.29) is 11.9 Å². The van der Waals surface area contributed by atoms with Crippen LogP contribution >= 0.6 is 0 Å². The number of nitrogens with two attached hydrogens (primary N) is 1. The summed E-state index contributed by atoms with van der Waals surface area (Å²) in [6.45, 7) is 3.24. The van der Waals surface area contributed by atoms with E-state index in [0.717, 1.165) is 32.3 Å². The van der Waals surface area contributed by atoms with Gasteiger partial charge in [0.2, 0.25) is 0 Å². The minimum absolute atomic E-state index is 0.298. The molecule has 0 bridgehead atoms. The standard InChI is InChI=1S/C15H22FNO2/c1-11(17)14-7-6-13(10-15(14)16)19-9-3-5-12-4-2-8-18-12/h6-7,10-12H,2-5,8-9,17H2,1H3/t11-,12?/m0/s1. The van der Waals surface area contributed by atoms with Gasteiger partial charge in [-0.3, -0.25) is 0 Å². The normalized spacial score (nSPS) is 20.5. The van der Waals surface area contributed by atoms with Gasteiger partial charge >= 0.3 is 0 Å². The summed E-state index contributed by atoms with van der Waals surface area (Å²) in [5.74, 6) is 0.265. The molecule has 106 valence electrons. The fourth-order valence-corrected chi connectivity index (χ4v) is 2.34. The van der Waals surface area contributed by atoms with E-state index < -0.39 is 0 Å². The fraction of sp³-hybridized carbons (Fsp3) is 0.600. The van der Waals surface area contributed by atoms with Crippen molar-refractivity contribution in [2.75, 3.05) is 13.2 Å². The van der Waals surface area contributed by atoms with Crippen molar-refractivity contribution in [3.63, 3.8) is 0 Å². The lowest BCUT2D eigenvalue weighted by Gasteiger charge is -2.12.